The summed E-state index contributed by atoms with van der Waals surface area (Å²) in [6, 6.07) is 2.28. The van der Waals surface area contributed by atoms with Gasteiger partial charge in [0.05, 0.1) is 5.69 Å². The van der Waals surface area contributed by atoms with E-state index in [9.17, 15) is 0 Å². The summed E-state index contributed by atoms with van der Waals surface area (Å²) in [6.45, 7) is 4.45. The molecule has 0 bridgehead atoms. The third-order valence-electron chi connectivity index (χ3n) is 2.11. The van der Waals surface area contributed by atoms with Crippen molar-refractivity contribution in [3.05, 3.63) is 16.6 Å². The first-order chi connectivity index (χ1) is 5.27. The molecule has 1 saturated carbocycles. The van der Waals surface area contributed by atoms with Crippen molar-refractivity contribution in [3.8, 4) is 0 Å². The number of rotatable bonds is 2. The highest BCUT2D eigenvalue weighted by Gasteiger charge is 2.26. The molecule has 2 rings (SSSR count). The summed E-state index contributed by atoms with van der Waals surface area (Å²) < 4.78 is 4.44. The monoisotopic (exact) mass is 167 g/mol. The van der Waals surface area contributed by atoms with Crippen molar-refractivity contribution in [2.45, 2.75) is 38.5 Å². The molecule has 0 radical (unpaired) electrons. The van der Waals surface area contributed by atoms with Gasteiger partial charge in [0.25, 0.3) is 0 Å². The van der Waals surface area contributed by atoms with Crippen molar-refractivity contribution < 1.29 is 0 Å². The third-order valence-corrected chi connectivity index (χ3v) is 3.21. The quantitative estimate of drug-likeness (QED) is 0.659. The Morgan fingerprint density at radius 2 is 2.27 bits per heavy atom. The van der Waals surface area contributed by atoms with Crippen LogP contribution in [-0.4, -0.2) is 4.37 Å². The molecule has 0 unspecified atom stereocenters. The Hall–Kier alpha value is -0.370. The lowest BCUT2D eigenvalue weighted by atomic mass is 10.1. The first kappa shape index (κ1) is 7.29. The summed E-state index contributed by atoms with van der Waals surface area (Å²) in [5, 5.41) is 0. The highest BCUT2D eigenvalue weighted by atomic mass is 32.1. The Bertz CT molecular complexity index is 231. The maximum absolute atomic E-state index is 4.44. The van der Waals surface area contributed by atoms with E-state index < -0.39 is 0 Å². The summed E-state index contributed by atoms with van der Waals surface area (Å²) >= 11 is 1.68. The molecule has 1 fully saturated rings. The molecule has 2 heteroatoms. The Morgan fingerprint density at radius 1 is 1.55 bits per heavy atom. The fraction of sp³-hybridized carbons (Fsp3) is 0.667. The van der Waals surface area contributed by atoms with E-state index in [2.05, 4.69) is 24.3 Å². The second kappa shape index (κ2) is 2.59. The molecule has 1 aromatic rings. The Kier molecular flexibility index (Phi) is 1.72. The van der Waals surface area contributed by atoms with E-state index in [0.29, 0.717) is 5.92 Å². The minimum absolute atomic E-state index is 0.653. The van der Waals surface area contributed by atoms with Gasteiger partial charge in [-0.1, -0.05) is 13.8 Å². The fourth-order valence-electron chi connectivity index (χ4n) is 1.15. The SMILES string of the molecule is CC(C)c1cc(C2CC2)ns1. The summed E-state index contributed by atoms with van der Waals surface area (Å²) in [5.74, 6) is 1.47. The maximum Gasteiger partial charge on any atom is 0.0576 e. The zero-order valence-corrected chi connectivity index (χ0v) is 7.82. The average Bonchev–Trinajstić information content (AvgIpc) is 2.68. The van der Waals surface area contributed by atoms with Gasteiger partial charge in [0.2, 0.25) is 0 Å². The van der Waals surface area contributed by atoms with Crippen LogP contribution in [0.1, 0.15) is 49.1 Å². The van der Waals surface area contributed by atoms with Crippen LogP contribution in [-0.2, 0) is 0 Å². The highest BCUT2D eigenvalue weighted by molar-refractivity contribution is 7.05. The van der Waals surface area contributed by atoms with Gasteiger partial charge in [-0.05, 0) is 36.4 Å². The van der Waals surface area contributed by atoms with Crippen LogP contribution in [0.3, 0.4) is 0 Å². The minimum Gasteiger partial charge on any atom is -0.197 e. The lowest BCUT2D eigenvalue weighted by Gasteiger charge is -1.95. The van der Waals surface area contributed by atoms with E-state index in [0.717, 1.165) is 5.92 Å². The van der Waals surface area contributed by atoms with Crippen LogP contribution in [0.4, 0.5) is 0 Å². The molecular formula is C9H13NS. The van der Waals surface area contributed by atoms with Gasteiger partial charge in [0.1, 0.15) is 0 Å². The van der Waals surface area contributed by atoms with Crippen LogP contribution in [0.5, 0.6) is 0 Å². The summed E-state index contributed by atoms with van der Waals surface area (Å²) in [4.78, 5) is 1.44. The van der Waals surface area contributed by atoms with Crippen LogP contribution >= 0.6 is 11.5 Å². The molecule has 0 amide bonds. The molecule has 0 spiro atoms. The summed E-state index contributed by atoms with van der Waals surface area (Å²) in [6.07, 6.45) is 2.72. The normalized spacial score (nSPS) is 17.7. The van der Waals surface area contributed by atoms with Gasteiger partial charge in [-0.3, -0.25) is 0 Å². The summed E-state index contributed by atoms with van der Waals surface area (Å²) in [7, 11) is 0. The maximum atomic E-state index is 4.44. The predicted molar refractivity (Wildman–Crippen MR) is 48.2 cm³/mol. The molecule has 1 heterocycles. The zero-order valence-electron chi connectivity index (χ0n) is 7.00. The molecule has 1 aliphatic carbocycles. The van der Waals surface area contributed by atoms with Crippen LogP contribution in [0.15, 0.2) is 6.07 Å². The molecule has 0 aliphatic heterocycles. The lowest BCUT2D eigenvalue weighted by Crippen LogP contribution is -1.79. The van der Waals surface area contributed by atoms with E-state index in [1.165, 1.54) is 23.4 Å². The van der Waals surface area contributed by atoms with Crippen LogP contribution in [0, 0.1) is 0 Å². The van der Waals surface area contributed by atoms with E-state index >= 15 is 0 Å². The Morgan fingerprint density at radius 3 is 2.73 bits per heavy atom. The van der Waals surface area contributed by atoms with E-state index in [4.69, 9.17) is 0 Å². The van der Waals surface area contributed by atoms with E-state index in [1.54, 1.807) is 11.5 Å². The van der Waals surface area contributed by atoms with Crippen molar-refractivity contribution in [2.75, 3.05) is 0 Å². The average molecular weight is 167 g/mol. The molecular weight excluding hydrogens is 154 g/mol. The largest absolute Gasteiger partial charge is 0.197 e. The van der Waals surface area contributed by atoms with Crippen molar-refractivity contribution in [1.29, 1.82) is 0 Å². The second-order valence-corrected chi connectivity index (χ2v) is 4.42. The highest BCUT2D eigenvalue weighted by Crippen LogP contribution is 2.40. The molecule has 60 valence electrons. The smallest absolute Gasteiger partial charge is 0.0576 e. The molecule has 0 atom stereocenters. The van der Waals surface area contributed by atoms with Crippen molar-refractivity contribution >= 4 is 11.5 Å². The third kappa shape index (κ3) is 1.45. The van der Waals surface area contributed by atoms with Gasteiger partial charge in [-0.15, -0.1) is 0 Å². The zero-order chi connectivity index (χ0) is 7.84. The Balaban J connectivity index is 2.18. The molecule has 11 heavy (non-hydrogen) atoms. The first-order valence-electron chi connectivity index (χ1n) is 4.24. The topological polar surface area (TPSA) is 12.9 Å². The van der Waals surface area contributed by atoms with Gasteiger partial charge >= 0.3 is 0 Å². The molecule has 0 aromatic carbocycles. The van der Waals surface area contributed by atoms with Gasteiger partial charge < -0.3 is 0 Å². The van der Waals surface area contributed by atoms with Crippen LogP contribution in [0.2, 0.25) is 0 Å². The molecule has 1 aliphatic rings. The van der Waals surface area contributed by atoms with Crippen LogP contribution in [0.25, 0.3) is 0 Å². The second-order valence-electron chi connectivity index (χ2n) is 3.58. The van der Waals surface area contributed by atoms with Gasteiger partial charge in [0, 0.05) is 10.8 Å². The van der Waals surface area contributed by atoms with E-state index in [1.807, 2.05) is 0 Å². The van der Waals surface area contributed by atoms with Gasteiger partial charge in [-0.2, -0.15) is 4.37 Å². The van der Waals surface area contributed by atoms with Crippen molar-refractivity contribution in [3.63, 3.8) is 0 Å². The number of hydrogen-bond donors (Lipinski definition) is 0. The summed E-state index contributed by atoms with van der Waals surface area (Å²) in [5.41, 5.74) is 1.35. The number of nitrogens with zero attached hydrogens (tertiary/aromatic N) is 1. The van der Waals surface area contributed by atoms with E-state index in [-0.39, 0.29) is 0 Å². The van der Waals surface area contributed by atoms with Crippen molar-refractivity contribution in [2.24, 2.45) is 0 Å². The minimum atomic E-state index is 0.653. The molecule has 0 N–H and O–H groups in total. The molecule has 1 aromatic heterocycles. The van der Waals surface area contributed by atoms with Gasteiger partial charge in [0.15, 0.2) is 0 Å². The molecule has 1 nitrogen and oxygen atoms in total. The molecule has 0 saturated heterocycles. The standard InChI is InChI=1S/C9H13NS/c1-6(2)9-5-8(10-11-9)7-3-4-7/h5-7H,3-4H2,1-2H3. The number of hydrogen-bond acceptors (Lipinski definition) is 2. The van der Waals surface area contributed by atoms with Gasteiger partial charge in [-0.25, -0.2) is 0 Å². The van der Waals surface area contributed by atoms with Crippen molar-refractivity contribution in [1.82, 2.24) is 4.37 Å². The predicted octanol–water partition coefficient (Wildman–Crippen LogP) is 3.14. The fourth-order valence-corrected chi connectivity index (χ4v) is 1.94. The first-order valence-corrected chi connectivity index (χ1v) is 5.01. The van der Waals surface area contributed by atoms with Crippen LogP contribution < -0.4 is 0 Å². The Labute approximate surface area is 71.6 Å². The number of aromatic nitrogens is 1. The lowest BCUT2D eigenvalue weighted by molar-refractivity contribution is 0.887.